The number of carbonyl (C=O) groups is 1. The minimum absolute atomic E-state index is 0.178. The average Bonchev–Trinajstić information content (AvgIpc) is 3.25. The highest BCUT2D eigenvalue weighted by atomic mass is 16.2. The van der Waals surface area contributed by atoms with E-state index in [9.17, 15) is 9.59 Å². The predicted octanol–water partition coefficient (Wildman–Crippen LogP) is 4.29. The molecule has 3 heterocycles. The van der Waals surface area contributed by atoms with Crippen molar-refractivity contribution in [2.45, 2.75) is 19.4 Å². The van der Waals surface area contributed by atoms with Gasteiger partial charge in [0.05, 0.1) is 17.3 Å². The van der Waals surface area contributed by atoms with Crippen LogP contribution in [0.15, 0.2) is 89.0 Å². The molecule has 2 aromatic carbocycles. The maximum absolute atomic E-state index is 13.3. The average molecular weight is 408 g/mol. The Labute approximate surface area is 178 Å². The third-order valence-corrected chi connectivity index (χ3v) is 5.57. The maximum Gasteiger partial charge on any atom is 0.258 e. The quantitative estimate of drug-likeness (QED) is 0.549. The molecule has 1 amide bonds. The molecule has 4 aromatic rings. The van der Waals surface area contributed by atoms with E-state index in [4.69, 9.17) is 0 Å². The number of benzene rings is 2. The number of aromatic amines is 1. The first-order valence-electron chi connectivity index (χ1n) is 10.1. The first-order chi connectivity index (χ1) is 15.1. The van der Waals surface area contributed by atoms with Crippen molar-refractivity contribution < 1.29 is 4.79 Å². The van der Waals surface area contributed by atoms with Gasteiger partial charge in [-0.25, -0.2) is 5.01 Å². The van der Waals surface area contributed by atoms with Gasteiger partial charge in [-0.05, 0) is 23.3 Å². The zero-order valence-corrected chi connectivity index (χ0v) is 16.9. The van der Waals surface area contributed by atoms with E-state index < -0.39 is 0 Å². The molecule has 0 saturated carbocycles. The van der Waals surface area contributed by atoms with Crippen molar-refractivity contribution in [3.8, 4) is 11.1 Å². The number of carbonyl (C=O) groups excluding carboxylic acids is 1. The van der Waals surface area contributed by atoms with Gasteiger partial charge >= 0.3 is 0 Å². The molecule has 0 spiro atoms. The molecule has 6 heteroatoms. The van der Waals surface area contributed by atoms with Crippen molar-refractivity contribution in [1.82, 2.24) is 15.0 Å². The van der Waals surface area contributed by atoms with Gasteiger partial charge in [0.1, 0.15) is 0 Å². The molecule has 0 saturated heterocycles. The molecular weight excluding hydrogens is 388 g/mol. The van der Waals surface area contributed by atoms with Gasteiger partial charge in [0.25, 0.3) is 5.56 Å². The van der Waals surface area contributed by atoms with E-state index in [-0.39, 0.29) is 17.5 Å². The van der Waals surface area contributed by atoms with E-state index in [2.05, 4.69) is 15.1 Å². The van der Waals surface area contributed by atoms with E-state index in [0.29, 0.717) is 17.7 Å². The second-order valence-electron chi connectivity index (χ2n) is 7.53. The zero-order chi connectivity index (χ0) is 21.4. The Bertz CT molecular complexity index is 1360. The summed E-state index contributed by atoms with van der Waals surface area (Å²) in [7, 11) is 0. The lowest BCUT2D eigenvalue weighted by Crippen LogP contribution is -2.24. The summed E-state index contributed by atoms with van der Waals surface area (Å²) in [6.45, 7) is 1.48. The van der Waals surface area contributed by atoms with Gasteiger partial charge in [-0.15, -0.1) is 0 Å². The van der Waals surface area contributed by atoms with Crippen LogP contribution in [0, 0.1) is 0 Å². The van der Waals surface area contributed by atoms with Crippen LogP contribution in [0.1, 0.15) is 30.5 Å². The number of para-hydroxylation sites is 1. The molecule has 5 rings (SSSR count). The number of hydrazone groups is 1. The molecular formula is C25H20N4O2. The number of amides is 1. The Hall–Kier alpha value is -4.06. The number of hydrogen-bond acceptors (Lipinski definition) is 4. The topological polar surface area (TPSA) is 78.4 Å². The number of nitrogens with one attached hydrogen (secondary N) is 1. The standard InChI is InChI=1S/C25H20N4O2/c1-16(30)29-22(18-10-7-13-26-15-18)14-21(28-29)24-23(17-8-3-2-4-9-17)19-11-5-6-12-20(19)27-25(24)31/h2-13,15,22H,14H2,1H3,(H,27,31)/t22-/m1/s1. The second-order valence-corrected chi connectivity index (χ2v) is 7.53. The molecule has 1 atom stereocenters. The van der Waals surface area contributed by atoms with Gasteiger partial charge in [-0.3, -0.25) is 14.6 Å². The first kappa shape index (κ1) is 18.9. The molecule has 2 aromatic heterocycles. The van der Waals surface area contributed by atoms with Crippen LogP contribution < -0.4 is 5.56 Å². The van der Waals surface area contributed by atoms with E-state index in [1.54, 1.807) is 12.4 Å². The second kappa shape index (κ2) is 7.65. The Balaban J connectivity index is 1.74. The number of aromatic nitrogens is 2. The van der Waals surface area contributed by atoms with Crippen molar-refractivity contribution >= 4 is 22.5 Å². The maximum atomic E-state index is 13.3. The Morgan fingerprint density at radius 2 is 1.77 bits per heavy atom. The Kier molecular flexibility index (Phi) is 4.67. The van der Waals surface area contributed by atoms with Crippen molar-refractivity contribution in [1.29, 1.82) is 0 Å². The van der Waals surface area contributed by atoms with Crippen LogP contribution in [0.2, 0.25) is 0 Å². The molecule has 0 radical (unpaired) electrons. The van der Waals surface area contributed by atoms with Crippen LogP contribution >= 0.6 is 0 Å². The summed E-state index contributed by atoms with van der Waals surface area (Å²) in [5.74, 6) is -0.178. The number of pyridine rings is 2. The fraction of sp³-hybridized carbons (Fsp3) is 0.120. The van der Waals surface area contributed by atoms with Crippen LogP contribution in [-0.4, -0.2) is 26.6 Å². The van der Waals surface area contributed by atoms with Gasteiger partial charge in [0.2, 0.25) is 5.91 Å². The molecule has 31 heavy (non-hydrogen) atoms. The molecule has 1 aliphatic heterocycles. The van der Waals surface area contributed by atoms with Gasteiger partial charge in [0.15, 0.2) is 0 Å². The van der Waals surface area contributed by atoms with Crippen LogP contribution in [0.25, 0.3) is 22.0 Å². The normalized spacial score (nSPS) is 15.8. The van der Waals surface area contributed by atoms with Gasteiger partial charge in [-0.1, -0.05) is 54.6 Å². The molecule has 6 nitrogen and oxygen atoms in total. The number of H-pyrrole nitrogens is 1. The summed E-state index contributed by atoms with van der Waals surface area (Å²) in [6, 6.07) is 21.0. The fourth-order valence-corrected chi connectivity index (χ4v) is 4.21. The third kappa shape index (κ3) is 3.32. The lowest BCUT2D eigenvalue weighted by atomic mass is 9.91. The van der Waals surface area contributed by atoms with Crippen LogP contribution in [-0.2, 0) is 4.79 Å². The van der Waals surface area contributed by atoms with E-state index in [1.165, 1.54) is 11.9 Å². The number of hydrogen-bond donors (Lipinski definition) is 1. The molecule has 0 unspecified atom stereocenters. The molecule has 1 N–H and O–H groups in total. The minimum atomic E-state index is -0.296. The lowest BCUT2D eigenvalue weighted by molar-refractivity contribution is -0.130. The predicted molar refractivity (Wildman–Crippen MR) is 121 cm³/mol. The summed E-state index contributed by atoms with van der Waals surface area (Å²) < 4.78 is 0. The molecule has 0 bridgehead atoms. The van der Waals surface area contributed by atoms with E-state index in [0.717, 1.165) is 27.6 Å². The smallest absolute Gasteiger partial charge is 0.258 e. The van der Waals surface area contributed by atoms with E-state index in [1.807, 2.05) is 66.7 Å². The molecule has 152 valence electrons. The lowest BCUT2D eigenvalue weighted by Gasteiger charge is -2.19. The summed E-state index contributed by atoms with van der Waals surface area (Å²) in [5.41, 5.74) is 4.29. The van der Waals surface area contributed by atoms with Crippen LogP contribution in [0.5, 0.6) is 0 Å². The van der Waals surface area contributed by atoms with E-state index >= 15 is 0 Å². The van der Waals surface area contributed by atoms with Crippen molar-refractivity contribution in [2.75, 3.05) is 0 Å². The molecule has 0 aliphatic carbocycles. The van der Waals surface area contributed by atoms with Gasteiger partial charge < -0.3 is 4.98 Å². The number of nitrogens with zero attached hydrogens (tertiary/aromatic N) is 3. The zero-order valence-electron chi connectivity index (χ0n) is 16.9. The molecule has 0 fully saturated rings. The highest BCUT2D eigenvalue weighted by molar-refractivity contribution is 6.12. The van der Waals surface area contributed by atoms with Crippen molar-refractivity contribution in [2.24, 2.45) is 5.10 Å². The highest BCUT2D eigenvalue weighted by Crippen LogP contribution is 2.36. The SMILES string of the molecule is CC(=O)N1N=C(c2c(-c3ccccc3)c3ccccc3[nH]c2=O)C[C@@H]1c1cccnc1. The van der Waals surface area contributed by atoms with Crippen LogP contribution in [0.4, 0.5) is 0 Å². The summed E-state index contributed by atoms with van der Waals surface area (Å²) in [5, 5.41) is 7.01. The largest absolute Gasteiger partial charge is 0.321 e. The Morgan fingerprint density at radius 1 is 1.00 bits per heavy atom. The summed E-state index contributed by atoms with van der Waals surface area (Å²) in [6.07, 6.45) is 3.87. The van der Waals surface area contributed by atoms with Crippen molar-refractivity contribution in [3.05, 3.63) is 101 Å². The van der Waals surface area contributed by atoms with Gasteiger partial charge in [0, 0.05) is 42.2 Å². The van der Waals surface area contributed by atoms with Crippen LogP contribution in [0.3, 0.4) is 0 Å². The monoisotopic (exact) mass is 408 g/mol. The summed E-state index contributed by atoms with van der Waals surface area (Å²) in [4.78, 5) is 32.8. The number of fused-ring (bicyclic) bond motifs is 1. The fourth-order valence-electron chi connectivity index (χ4n) is 4.21. The minimum Gasteiger partial charge on any atom is -0.321 e. The summed E-state index contributed by atoms with van der Waals surface area (Å²) >= 11 is 0. The first-order valence-corrected chi connectivity index (χ1v) is 10.1. The highest BCUT2D eigenvalue weighted by Gasteiger charge is 2.34. The third-order valence-electron chi connectivity index (χ3n) is 5.57. The number of rotatable bonds is 3. The Morgan fingerprint density at radius 3 is 2.52 bits per heavy atom. The van der Waals surface area contributed by atoms with Gasteiger partial charge in [-0.2, -0.15) is 5.10 Å². The molecule has 1 aliphatic rings. The van der Waals surface area contributed by atoms with Crippen molar-refractivity contribution in [3.63, 3.8) is 0 Å².